The van der Waals surface area contributed by atoms with Crippen molar-refractivity contribution in [2.75, 3.05) is 26.9 Å². The van der Waals surface area contributed by atoms with E-state index in [0.29, 0.717) is 19.8 Å². The molecule has 0 radical (unpaired) electrons. The maximum atomic E-state index is 5.96. The Bertz CT molecular complexity index is 1050. The highest BCUT2D eigenvalue weighted by Gasteiger charge is 2.10. The van der Waals surface area contributed by atoms with Crippen LogP contribution in [-0.2, 0) is 27.4 Å². The lowest BCUT2D eigenvalue weighted by molar-refractivity contribution is -0.662. The summed E-state index contributed by atoms with van der Waals surface area (Å²) < 4.78 is 19.7. The highest BCUT2D eigenvalue weighted by Crippen LogP contribution is 2.14. The highest BCUT2D eigenvalue weighted by atomic mass is 16.6. The molecule has 0 aliphatic carbocycles. The summed E-state index contributed by atoms with van der Waals surface area (Å²) in [7, 11) is 1.74. The number of methoxy groups -OCH3 is 1. The van der Waals surface area contributed by atoms with Crippen LogP contribution < -0.4 is 4.57 Å². The second-order valence-electron chi connectivity index (χ2n) is 11.6. The van der Waals surface area contributed by atoms with Gasteiger partial charge in [0, 0.05) is 36.8 Å². The Balaban J connectivity index is 1.17. The second kappa shape index (κ2) is 21.4. The van der Waals surface area contributed by atoms with E-state index in [-0.39, 0.29) is 6.10 Å². The fourth-order valence-corrected chi connectivity index (χ4v) is 5.40. The van der Waals surface area contributed by atoms with E-state index in [1.807, 2.05) is 0 Å². The van der Waals surface area contributed by atoms with Gasteiger partial charge in [0.05, 0.1) is 19.8 Å². The molecule has 4 nitrogen and oxygen atoms in total. The number of unbranched alkanes of at least 4 members (excludes halogenated alkanes) is 13. The van der Waals surface area contributed by atoms with Crippen LogP contribution >= 0.6 is 0 Å². The van der Waals surface area contributed by atoms with Crippen LogP contribution in [0.5, 0.6) is 0 Å². The quantitative estimate of drug-likeness (QED) is 0.0805. The van der Waals surface area contributed by atoms with Crippen molar-refractivity contribution in [3.05, 3.63) is 78.0 Å². The first-order chi connectivity index (χ1) is 20.3. The normalized spacial score (nSPS) is 12.2. The summed E-state index contributed by atoms with van der Waals surface area (Å²) in [6.07, 6.45) is 21.4. The standard InChI is InChI=1S/C37H56NO3/c1-3-4-5-6-7-8-9-10-11-12-13-14-15-18-28-40-31-36(39-2)32-41-30-34-25-23-33(24-26-34)29-38-27-19-21-35-20-16-17-22-37(35)38/h16-17,19-27,36H,3-15,18,28-32H2,1-2H3/q+1. The van der Waals surface area contributed by atoms with Crippen LogP contribution in [0.25, 0.3) is 10.9 Å². The summed E-state index contributed by atoms with van der Waals surface area (Å²) >= 11 is 0. The molecule has 1 heterocycles. The van der Waals surface area contributed by atoms with Gasteiger partial charge in [-0.3, -0.25) is 0 Å². The van der Waals surface area contributed by atoms with Crippen molar-refractivity contribution >= 4 is 10.9 Å². The Kier molecular flexibility index (Phi) is 17.4. The van der Waals surface area contributed by atoms with Gasteiger partial charge in [-0.15, -0.1) is 0 Å². The number of rotatable bonds is 24. The smallest absolute Gasteiger partial charge is 0.212 e. The van der Waals surface area contributed by atoms with Crippen molar-refractivity contribution in [3.63, 3.8) is 0 Å². The molecule has 3 rings (SSSR count). The monoisotopic (exact) mass is 562 g/mol. The van der Waals surface area contributed by atoms with Gasteiger partial charge < -0.3 is 14.2 Å². The fraction of sp³-hybridized carbons (Fsp3) is 0.595. The maximum Gasteiger partial charge on any atom is 0.212 e. The fourth-order valence-electron chi connectivity index (χ4n) is 5.40. The maximum absolute atomic E-state index is 5.96. The first-order valence-electron chi connectivity index (χ1n) is 16.4. The molecule has 226 valence electrons. The minimum atomic E-state index is -0.0244. The SMILES string of the molecule is CCCCCCCCCCCCCCCCOCC(COCc1ccc(C[n+]2cccc3ccccc32)cc1)OC. The predicted molar refractivity (Wildman–Crippen MR) is 171 cm³/mol. The van der Waals surface area contributed by atoms with E-state index in [1.165, 1.54) is 106 Å². The minimum absolute atomic E-state index is 0.0244. The van der Waals surface area contributed by atoms with Gasteiger partial charge in [-0.05, 0) is 24.1 Å². The average Bonchev–Trinajstić information content (AvgIpc) is 3.01. The van der Waals surface area contributed by atoms with Gasteiger partial charge in [0.2, 0.25) is 5.52 Å². The average molecular weight is 563 g/mol. The number of pyridine rings is 1. The van der Waals surface area contributed by atoms with E-state index in [0.717, 1.165) is 19.6 Å². The largest absolute Gasteiger partial charge is 0.379 e. The van der Waals surface area contributed by atoms with Crippen LogP contribution in [0.15, 0.2) is 66.9 Å². The van der Waals surface area contributed by atoms with Crippen LogP contribution in [0.3, 0.4) is 0 Å². The number of fused-ring (bicyclic) bond motifs is 1. The summed E-state index contributed by atoms with van der Waals surface area (Å²) in [6.45, 7) is 5.68. The van der Waals surface area contributed by atoms with E-state index in [1.54, 1.807) is 7.11 Å². The zero-order chi connectivity index (χ0) is 28.8. The molecule has 0 aliphatic heterocycles. The number of benzene rings is 2. The third-order valence-corrected chi connectivity index (χ3v) is 8.02. The number of para-hydroxylation sites is 1. The van der Waals surface area contributed by atoms with Gasteiger partial charge >= 0.3 is 0 Å². The molecule has 0 spiro atoms. The first kappa shape index (κ1) is 33.2. The molecule has 1 aromatic heterocycles. The van der Waals surface area contributed by atoms with E-state index < -0.39 is 0 Å². The molecule has 41 heavy (non-hydrogen) atoms. The van der Waals surface area contributed by atoms with Gasteiger partial charge in [-0.25, -0.2) is 0 Å². The van der Waals surface area contributed by atoms with Crippen molar-refractivity contribution in [1.82, 2.24) is 0 Å². The third kappa shape index (κ3) is 14.0. The topological polar surface area (TPSA) is 31.6 Å². The van der Waals surface area contributed by atoms with Gasteiger partial charge in [0.25, 0.3) is 0 Å². The number of hydrogen-bond acceptors (Lipinski definition) is 3. The minimum Gasteiger partial charge on any atom is -0.379 e. The van der Waals surface area contributed by atoms with Crippen LogP contribution in [0.4, 0.5) is 0 Å². The van der Waals surface area contributed by atoms with Crippen molar-refractivity contribution in [3.8, 4) is 0 Å². The molecule has 3 aromatic rings. The van der Waals surface area contributed by atoms with E-state index >= 15 is 0 Å². The molecule has 0 aliphatic rings. The summed E-state index contributed by atoms with van der Waals surface area (Å²) in [6, 6.07) is 21.5. The number of ether oxygens (including phenoxy) is 3. The summed E-state index contributed by atoms with van der Waals surface area (Å²) in [5.41, 5.74) is 3.70. The Labute approximate surface area is 250 Å². The van der Waals surface area contributed by atoms with Gasteiger partial charge in [-0.2, -0.15) is 4.57 Å². The molecule has 0 bridgehead atoms. The molecule has 0 N–H and O–H groups in total. The van der Waals surface area contributed by atoms with Gasteiger partial charge in [0.15, 0.2) is 12.7 Å². The zero-order valence-electron chi connectivity index (χ0n) is 26.0. The molecule has 4 heteroatoms. The molecular formula is C37H56NO3+. The number of nitrogens with zero attached hydrogens (tertiary/aromatic N) is 1. The van der Waals surface area contributed by atoms with Crippen LogP contribution in [0.2, 0.25) is 0 Å². The Hall–Kier alpha value is -2.27. The third-order valence-electron chi connectivity index (χ3n) is 8.02. The molecule has 0 fully saturated rings. The molecule has 2 aromatic carbocycles. The summed E-state index contributed by atoms with van der Waals surface area (Å²) in [5, 5.41) is 1.26. The molecule has 0 saturated carbocycles. The van der Waals surface area contributed by atoms with E-state index in [4.69, 9.17) is 14.2 Å². The Morgan fingerprint density at radius 1 is 0.610 bits per heavy atom. The molecule has 1 unspecified atom stereocenters. The zero-order valence-corrected chi connectivity index (χ0v) is 26.0. The highest BCUT2D eigenvalue weighted by molar-refractivity contribution is 5.74. The van der Waals surface area contributed by atoms with Crippen LogP contribution in [0, 0.1) is 0 Å². The number of aromatic nitrogens is 1. The lowest BCUT2D eigenvalue weighted by Gasteiger charge is -2.16. The molecule has 0 amide bonds. The van der Waals surface area contributed by atoms with Crippen LogP contribution in [-0.4, -0.2) is 33.0 Å². The van der Waals surface area contributed by atoms with Crippen molar-refractivity contribution in [2.24, 2.45) is 0 Å². The second-order valence-corrected chi connectivity index (χ2v) is 11.6. The lowest BCUT2D eigenvalue weighted by atomic mass is 10.0. The van der Waals surface area contributed by atoms with Crippen molar-refractivity contribution < 1.29 is 18.8 Å². The predicted octanol–water partition coefficient (Wildman–Crippen LogP) is 9.21. The van der Waals surface area contributed by atoms with Crippen molar-refractivity contribution in [2.45, 2.75) is 116 Å². The Morgan fingerprint density at radius 3 is 1.83 bits per heavy atom. The first-order valence-corrected chi connectivity index (χ1v) is 16.4. The van der Waals surface area contributed by atoms with Crippen LogP contribution in [0.1, 0.15) is 108 Å². The lowest BCUT2D eigenvalue weighted by Crippen LogP contribution is -2.34. The number of hydrogen-bond donors (Lipinski definition) is 0. The molecular weight excluding hydrogens is 506 g/mol. The Morgan fingerprint density at radius 2 is 1.17 bits per heavy atom. The van der Waals surface area contributed by atoms with E-state index in [2.05, 4.69) is 78.4 Å². The van der Waals surface area contributed by atoms with Gasteiger partial charge in [-0.1, -0.05) is 127 Å². The van der Waals surface area contributed by atoms with Crippen molar-refractivity contribution in [1.29, 1.82) is 0 Å². The van der Waals surface area contributed by atoms with E-state index in [9.17, 15) is 0 Å². The molecule has 1 atom stereocenters. The summed E-state index contributed by atoms with van der Waals surface area (Å²) in [4.78, 5) is 0. The van der Waals surface area contributed by atoms with Gasteiger partial charge in [0.1, 0.15) is 6.10 Å². The summed E-state index contributed by atoms with van der Waals surface area (Å²) in [5.74, 6) is 0. The molecule has 0 saturated heterocycles.